The average Bonchev–Trinajstić information content (AvgIpc) is 3.26. The van der Waals surface area contributed by atoms with Crippen molar-refractivity contribution in [2.75, 3.05) is 36.8 Å². The van der Waals surface area contributed by atoms with Gasteiger partial charge >= 0.3 is 6.03 Å². The van der Waals surface area contributed by atoms with Gasteiger partial charge in [-0.05, 0) is 42.0 Å². The Labute approximate surface area is 181 Å². The van der Waals surface area contributed by atoms with Crippen LogP contribution < -0.4 is 10.6 Å². The first-order valence-corrected chi connectivity index (χ1v) is 10.4. The molecular formula is C23H25ClN4O2. The highest BCUT2D eigenvalue weighted by Crippen LogP contribution is 2.21. The third-order valence-corrected chi connectivity index (χ3v) is 5.49. The number of para-hydroxylation sites is 1. The van der Waals surface area contributed by atoms with E-state index in [-0.39, 0.29) is 6.03 Å². The maximum Gasteiger partial charge on any atom is 0.323 e. The lowest BCUT2D eigenvalue weighted by atomic mass is 10.1. The molecule has 156 valence electrons. The van der Waals surface area contributed by atoms with Crippen LogP contribution in [0.5, 0.6) is 0 Å². The second-order valence-electron chi connectivity index (χ2n) is 7.39. The van der Waals surface area contributed by atoms with Crippen LogP contribution in [0.15, 0.2) is 71.3 Å². The second-order valence-corrected chi connectivity index (χ2v) is 7.79. The van der Waals surface area contributed by atoms with Crippen molar-refractivity contribution < 1.29 is 9.21 Å². The minimum absolute atomic E-state index is 0.316. The van der Waals surface area contributed by atoms with E-state index in [4.69, 9.17) is 16.0 Å². The molecule has 2 heterocycles. The van der Waals surface area contributed by atoms with Gasteiger partial charge in [0.05, 0.1) is 23.5 Å². The second kappa shape index (κ2) is 9.80. The van der Waals surface area contributed by atoms with Crippen LogP contribution in [0.4, 0.5) is 16.2 Å². The molecule has 0 radical (unpaired) electrons. The highest BCUT2D eigenvalue weighted by molar-refractivity contribution is 6.33. The molecule has 4 rings (SSSR count). The van der Waals surface area contributed by atoms with Gasteiger partial charge in [-0.25, -0.2) is 4.79 Å². The zero-order chi connectivity index (χ0) is 20.8. The van der Waals surface area contributed by atoms with Crippen LogP contribution in [0.25, 0.3) is 0 Å². The molecular weight excluding hydrogens is 400 g/mol. The number of hydrogen-bond donors (Lipinski definition) is 2. The quantitative estimate of drug-likeness (QED) is 0.591. The molecule has 2 aromatic carbocycles. The van der Waals surface area contributed by atoms with Gasteiger partial charge in [0.15, 0.2) is 0 Å². The summed E-state index contributed by atoms with van der Waals surface area (Å²) in [6.45, 7) is 5.89. The summed E-state index contributed by atoms with van der Waals surface area (Å²) in [6.07, 6.45) is 1.73. The Kier molecular flexibility index (Phi) is 6.69. The largest absolute Gasteiger partial charge is 0.468 e. The molecule has 0 aliphatic carbocycles. The first-order valence-electron chi connectivity index (χ1n) is 10.0. The van der Waals surface area contributed by atoms with Gasteiger partial charge in [0.25, 0.3) is 0 Å². The first kappa shape index (κ1) is 20.5. The van der Waals surface area contributed by atoms with Crippen molar-refractivity contribution in [1.82, 2.24) is 9.80 Å². The number of piperazine rings is 1. The number of carbonyl (C=O) groups excluding carboxylic acids is 1. The number of benzene rings is 2. The minimum atomic E-state index is -0.316. The Bertz CT molecular complexity index is 952. The van der Waals surface area contributed by atoms with E-state index < -0.39 is 0 Å². The summed E-state index contributed by atoms with van der Waals surface area (Å²) in [7, 11) is 0. The minimum Gasteiger partial charge on any atom is -0.468 e. The van der Waals surface area contributed by atoms with Crippen molar-refractivity contribution in [2.24, 2.45) is 0 Å². The smallest absolute Gasteiger partial charge is 0.323 e. The molecule has 1 aromatic heterocycles. The molecule has 30 heavy (non-hydrogen) atoms. The molecule has 0 unspecified atom stereocenters. The topological polar surface area (TPSA) is 60.8 Å². The fourth-order valence-electron chi connectivity index (χ4n) is 3.53. The summed E-state index contributed by atoms with van der Waals surface area (Å²) in [5.41, 5.74) is 2.55. The lowest BCUT2D eigenvalue weighted by Gasteiger charge is -2.34. The lowest BCUT2D eigenvalue weighted by Crippen LogP contribution is -2.45. The van der Waals surface area contributed by atoms with Crippen molar-refractivity contribution in [1.29, 1.82) is 0 Å². The molecule has 2 N–H and O–H groups in total. The predicted molar refractivity (Wildman–Crippen MR) is 120 cm³/mol. The van der Waals surface area contributed by atoms with Gasteiger partial charge in [-0.3, -0.25) is 9.80 Å². The van der Waals surface area contributed by atoms with E-state index in [1.54, 1.807) is 18.4 Å². The zero-order valence-corrected chi connectivity index (χ0v) is 17.4. The number of anilines is 2. The highest BCUT2D eigenvalue weighted by Gasteiger charge is 2.17. The molecule has 0 spiro atoms. The fourth-order valence-corrected chi connectivity index (χ4v) is 3.71. The van der Waals surface area contributed by atoms with E-state index in [1.165, 1.54) is 5.56 Å². The molecule has 0 bridgehead atoms. The number of rotatable bonds is 6. The SMILES string of the molecule is O=C(Nc1ccc(CN2CCN(Cc3ccco3)CC2)cc1)Nc1ccccc1Cl. The number of hydrogen-bond acceptors (Lipinski definition) is 4. The zero-order valence-electron chi connectivity index (χ0n) is 16.7. The predicted octanol–water partition coefficient (Wildman–Crippen LogP) is 4.89. The number of urea groups is 1. The maximum absolute atomic E-state index is 12.2. The van der Waals surface area contributed by atoms with Crippen LogP contribution in [0.2, 0.25) is 5.02 Å². The van der Waals surface area contributed by atoms with Gasteiger partial charge in [0.1, 0.15) is 5.76 Å². The number of amides is 2. The van der Waals surface area contributed by atoms with Crippen molar-refractivity contribution in [2.45, 2.75) is 13.1 Å². The molecule has 0 atom stereocenters. The number of nitrogens with zero attached hydrogens (tertiary/aromatic N) is 2. The molecule has 3 aromatic rings. The summed E-state index contributed by atoms with van der Waals surface area (Å²) in [4.78, 5) is 17.0. The van der Waals surface area contributed by atoms with E-state index in [2.05, 4.69) is 32.6 Å². The fraction of sp³-hybridized carbons (Fsp3) is 0.261. The molecule has 6 nitrogen and oxygen atoms in total. The van der Waals surface area contributed by atoms with Crippen LogP contribution in [0.1, 0.15) is 11.3 Å². The molecule has 1 aliphatic rings. The summed E-state index contributed by atoms with van der Waals surface area (Å²) in [6, 6.07) is 18.8. The molecule has 7 heteroatoms. The molecule has 1 saturated heterocycles. The standard InChI is InChI=1S/C23H25ClN4O2/c24-21-5-1-2-6-22(21)26-23(29)25-19-9-7-18(8-10-19)16-27-11-13-28(14-12-27)17-20-4-3-15-30-20/h1-10,15H,11-14,16-17H2,(H2,25,26,29). The van der Waals surface area contributed by atoms with Crippen LogP contribution >= 0.6 is 11.6 Å². The first-order chi connectivity index (χ1) is 14.7. The van der Waals surface area contributed by atoms with Crippen LogP contribution in [-0.4, -0.2) is 42.0 Å². The van der Waals surface area contributed by atoms with E-state index >= 15 is 0 Å². The van der Waals surface area contributed by atoms with Gasteiger partial charge < -0.3 is 15.1 Å². The Morgan fingerprint density at radius 2 is 1.57 bits per heavy atom. The van der Waals surface area contributed by atoms with Crippen LogP contribution in [0, 0.1) is 0 Å². The Hall–Kier alpha value is -2.80. The van der Waals surface area contributed by atoms with E-state index in [1.807, 2.05) is 36.4 Å². The Balaban J connectivity index is 1.23. The summed E-state index contributed by atoms with van der Waals surface area (Å²) in [5, 5.41) is 6.10. The van der Waals surface area contributed by atoms with Crippen molar-refractivity contribution >= 4 is 29.0 Å². The number of nitrogens with one attached hydrogen (secondary N) is 2. The molecule has 1 aliphatic heterocycles. The summed E-state index contributed by atoms with van der Waals surface area (Å²) < 4.78 is 5.44. The number of carbonyl (C=O) groups is 1. The highest BCUT2D eigenvalue weighted by atomic mass is 35.5. The molecule has 0 saturated carbocycles. The van der Waals surface area contributed by atoms with Gasteiger partial charge in [-0.15, -0.1) is 0 Å². The number of halogens is 1. The van der Waals surface area contributed by atoms with Gasteiger partial charge in [-0.1, -0.05) is 35.9 Å². The Morgan fingerprint density at radius 1 is 0.867 bits per heavy atom. The Morgan fingerprint density at radius 3 is 2.23 bits per heavy atom. The van der Waals surface area contributed by atoms with E-state index in [9.17, 15) is 4.79 Å². The van der Waals surface area contributed by atoms with Crippen molar-refractivity contribution in [3.05, 3.63) is 83.3 Å². The third kappa shape index (κ3) is 5.63. The number of furan rings is 1. The molecule has 2 amide bonds. The normalized spacial score (nSPS) is 15.1. The van der Waals surface area contributed by atoms with Crippen LogP contribution in [0.3, 0.4) is 0 Å². The van der Waals surface area contributed by atoms with Crippen LogP contribution in [-0.2, 0) is 13.1 Å². The maximum atomic E-state index is 12.2. The average molecular weight is 425 g/mol. The monoisotopic (exact) mass is 424 g/mol. The van der Waals surface area contributed by atoms with E-state index in [0.717, 1.165) is 50.7 Å². The lowest BCUT2D eigenvalue weighted by molar-refractivity contribution is 0.116. The van der Waals surface area contributed by atoms with Gasteiger partial charge in [0, 0.05) is 38.4 Å². The van der Waals surface area contributed by atoms with Crippen molar-refractivity contribution in [3.63, 3.8) is 0 Å². The third-order valence-electron chi connectivity index (χ3n) is 5.16. The van der Waals surface area contributed by atoms with E-state index in [0.29, 0.717) is 10.7 Å². The van der Waals surface area contributed by atoms with Crippen molar-refractivity contribution in [3.8, 4) is 0 Å². The molecule has 1 fully saturated rings. The summed E-state index contributed by atoms with van der Waals surface area (Å²) in [5.74, 6) is 1.02. The van der Waals surface area contributed by atoms with Gasteiger partial charge in [0.2, 0.25) is 0 Å². The van der Waals surface area contributed by atoms with Gasteiger partial charge in [-0.2, -0.15) is 0 Å². The summed E-state index contributed by atoms with van der Waals surface area (Å²) >= 11 is 6.07.